The van der Waals surface area contributed by atoms with Crippen LogP contribution in [0.2, 0.25) is 0 Å². The summed E-state index contributed by atoms with van der Waals surface area (Å²) in [6, 6.07) is 17.0. The van der Waals surface area contributed by atoms with Gasteiger partial charge in [-0.2, -0.15) is 0 Å². The van der Waals surface area contributed by atoms with E-state index in [1.165, 1.54) is 41.9 Å². The summed E-state index contributed by atoms with van der Waals surface area (Å²) < 4.78 is 17.9. The second-order valence-corrected chi connectivity index (χ2v) is 9.08. The highest BCUT2D eigenvalue weighted by molar-refractivity contribution is 5.72. The lowest BCUT2D eigenvalue weighted by Crippen LogP contribution is -2.34. The van der Waals surface area contributed by atoms with Crippen molar-refractivity contribution in [3.8, 4) is 28.3 Å². The molecule has 3 aliphatic heterocycles. The van der Waals surface area contributed by atoms with E-state index in [2.05, 4.69) is 54.8 Å². The second-order valence-electron chi connectivity index (χ2n) is 9.08. The minimum absolute atomic E-state index is 0.215. The number of aromatic nitrogens is 3. The minimum Gasteiger partial charge on any atom is -0.367 e. The van der Waals surface area contributed by atoms with E-state index in [-0.39, 0.29) is 5.82 Å². The molecule has 0 aliphatic carbocycles. The molecule has 5 heterocycles. The van der Waals surface area contributed by atoms with Crippen LogP contribution in [0.25, 0.3) is 28.3 Å². The van der Waals surface area contributed by atoms with Crippen molar-refractivity contribution < 1.29 is 4.39 Å². The van der Waals surface area contributed by atoms with Crippen LogP contribution in [-0.4, -0.2) is 39.3 Å². The molecule has 0 spiro atoms. The van der Waals surface area contributed by atoms with E-state index in [1.807, 2.05) is 24.5 Å². The number of imidazole rings is 1. The Bertz CT molecular complexity index is 1320. The predicted octanol–water partition coefficient (Wildman–Crippen LogP) is 4.45. The number of hydrogen-bond acceptors (Lipinski definition) is 3. The number of halogens is 1. The van der Waals surface area contributed by atoms with E-state index in [9.17, 15) is 4.39 Å². The molecule has 2 aromatic carbocycles. The first-order valence-electron chi connectivity index (χ1n) is 11.4. The first kappa shape index (κ1) is 18.2. The number of fused-ring (bicyclic) bond motifs is 6. The molecule has 3 aliphatic rings. The summed E-state index contributed by atoms with van der Waals surface area (Å²) in [6.07, 6.45) is 8.51. The minimum atomic E-state index is -0.215. The average molecular weight is 426 g/mol. The highest BCUT2D eigenvalue weighted by Gasteiger charge is 2.37. The zero-order valence-electron chi connectivity index (χ0n) is 17.7. The fourth-order valence-electron chi connectivity index (χ4n) is 5.80. The van der Waals surface area contributed by atoms with Gasteiger partial charge in [0.15, 0.2) is 5.82 Å². The molecule has 160 valence electrons. The molecule has 2 saturated heterocycles. The summed E-state index contributed by atoms with van der Waals surface area (Å²) >= 11 is 0. The molecule has 32 heavy (non-hydrogen) atoms. The fourth-order valence-corrected chi connectivity index (χ4v) is 5.80. The molecule has 2 fully saturated rings. The SMILES string of the molecule is Fc1ccc(-c2cc3n(c2)Cc2cc(N4CCC5NCCC54)ccc2-n2ccnc2-3)cc1. The fraction of sp³-hybridized carbons (Fsp3) is 0.269. The van der Waals surface area contributed by atoms with Crippen molar-refractivity contribution in [1.29, 1.82) is 0 Å². The molecule has 0 amide bonds. The van der Waals surface area contributed by atoms with Gasteiger partial charge in [-0.25, -0.2) is 9.37 Å². The summed E-state index contributed by atoms with van der Waals surface area (Å²) in [6.45, 7) is 3.01. The van der Waals surface area contributed by atoms with E-state index >= 15 is 0 Å². The van der Waals surface area contributed by atoms with Crippen molar-refractivity contribution in [1.82, 2.24) is 19.4 Å². The molecular weight excluding hydrogens is 401 g/mol. The van der Waals surface area contributed by atoms with E-state index in [0.717, 1.165) is 42.3 Å². The zero-order valence-corrected chi connectivity index (χ0v) is 17.7. The lowest BCUT2D eigenvalue weighted by molar-refractivity contribution is 0.601. The molecule has 7 rings (SSSR count). The van der Waals surface area contributed by atoms with Crippen LogP contribution in [0.1, 0.15) is 18.4 Å². The Morgan fingerprint density at radius 2 is 1.91 bits per heavy atom. The van der Waals surface area contributed by atoms with Crippen molar-refractivity contribution in [2.75, 3.05) is 18.0 Å². The highest BCUT2D eigenvalue weighted by atomic mass is 19.1. The number of nitrogens with zero attached hydrogens (tertiary/aromatic N) is 4. The van der Waals surface area contributed by atoms with Crippen LogP contribution >= 0.6 is 0 Å². The Balaban J connectivity index is 1.32. The number of hydrogen-bond donors (Lipinski definition) is 1. The lowest BCUT2D eigenvalue weighted by Gasteiger charge is -2.26. The van der Waals surface area contributed by atoms with Crippen LogP contribution in [0.5, 0.6) is 0 Å². The molecule has 0 bridgehead atoms. The Morgan fingerprint density at radius 3 is 2.81 bits per heavy atom. The van der Waals surface area contributed by atoms with Crippen molar-refractivity contribution in [3.63, 3.8) is 0 Å². The van der Waals surface area contributed by atoms with Gasteiger partial charge in [0.05, 0.1) is 11.4 Å². The molecule has 5 nitrogen and oxygen atoms in total. The summed E-state index contributed by atoms with van der Waals surface area (Å²) in [5.41, 5.74) is 6.96. The maximum Gasteiger partial charge on any atom is 0.161 e. The largest absolute Gasteiger partial charge is 0.367 e. The Labute approximate surface area is 186 Å². The molecule has 0 saturated carbocycles. The summed E-state index contributed by atoms with van der Waals surface area (Å²) in [5.74, 6) is 0.722. The monoisotopic (exact) mass is 425 g/mol. The van der Waals surface area contributed by atoms with Crippen molar-refractivity contribution in [2.24, 2.45) is 0 Å². The van der Waals surface area contributed by atoms with Gasteiger partial charge < -0.3 is 14.8 Å². The predicted molar refractivity (Wildman–Crippen MR) is 124 cm³/mol. The molecular formula is C26H24FN5. The quantitative estimate of drug-likeness (QED) is 0.454. The van der Waals surface area contributed by atoms with Gasteiger partial charge in [-0.3, -0.25) is 4.57 Å². The van der Waals surface area contributed by atoms with Gasteiger partial charge in [0, 0.05) is 55.0 Å². The van der Waals surface area contributed by atoms with Crippen LogP contribution in [-0.2, 0) is 6.54 Å². The normalized spacial score (nSPS) is 21.1. The van der Waals surface area contributed by atoms with E-state index in [1.54, 1.807) is 0 Å². The van der Waals surface area contributed by atoms with Gasteiger partial charge in [-0.1, -0.05) is 12.1 Å². The zero-order chi connectivity index (χ0) is 21.2. The third-order valence-corrected chi connectivity index (χ3v) is 7.33. The van der Waals surface area contributed by atoms with Crippen molar-refractivity contribution in [2.45, 2.75) is 31.5 Å². The number of nitrogens with one attached hydrogen (secondary N) is 1. The second kappa shape index (κ2) is 6.81. The van der Waals surface area contributed by atoms with Gasteiger partial charge in [-0.15, -0.1) is 0 Å². The van der Waals surface area contributed by atoms with Crippen LogP contribution < -0.4 is 10.2 Å². The summed E-state index contributed by atoms with van der Waals surface area (Å²) in [7, 11) is 0. The molecule has 6 heteroatoms. The van der Waals surface area contributed by atoms with Crippen molar-refractivity contribution >= 4 is 5.69 Å². The number of benzene rings is 2. The lowest BCUT2D eigenvalue weighted by atomic mass is 10.1. The summed E-state index contributed by atoms with van der Waals surface area (Å²) in [4.78, 5) is 7.27. The first-order chi connectivity index (χ1) is 15.7. The molecule has 0 radical (unpaired) electrons. The molecule has 2 unspecified atom stereocenters. The van der Waals surface area contributed by atoms with Crippen LogP contribution in [0.3, 0.4) is 0 Å². The molecule has 2 aromatic heterocycles. The van der Waals surface area contributed by atoms with Gasteiger partial charge in [0.1, 0.15) is 5.82 Å². The van der Waals surface area contributed by atoms with E-state index in [4.69, 9.17) is 0 Å². The maximum absolute atomic E-state index is 13.4. The Morgan fingerprint density at radius 1 is 1.00 bits per heavy atom. The first-order valence-corrected chi connectivity index (χ1v) is 11.4. The van der Waals surface area contributed by atoms with Crippen LogP contribution in [0.15, 0.2) is 67.1 Å². The maximum atomic E-state index is 13.4. The summed E-state index contributed by atoms with van der Waals surface area (Å²) in [5, 5.41) is 3.65. The topological polar surface area (TPSA) is 38.0 Å². The molecule has 2 atom stereocenters. The third-order valence-electron chi connectivity index (χ3n) is 7.33. The number of anilines is 1. The van der Waals surface area contributed by atoms with Gasteiger partial charge >= 0.3 is 0 Å². The smallest absolute Gasteiger partial charge is 0.161 e. The van der Waals surface area contributed by atoms with E-state index < -0.39 is 0 Å². The van der Waals surface area contributed by atoms with Crippen LogP contribution in [0.4, 0.5) is 10.1 Å². The third kappa shape index (κ3) is 2.69. The van der Waals surface area contributed by atoms with Gasteiger partial charge in [0.25, 0.3) is 0 Å². The Hall–Kier alpha value is -3.38. The molecule has 1 N–H and O–H groups in total. The van der Waals surface area contributed by atoms with Gasteiger partial charge in [-0.05, 0) is 66.9 Å². The van der Waals surface area contributed by atoms with Gasteiger partial charge in [0.2, 0.25) is 0 Å². The average Bonchev–Trinajstić information content (AvgIpc) is 3.57. The van der Waals surface area contributed by atoms with Crippen LogP contribution in [0, 0.1) is 5.82 Å². The van der Waals surface area contributed by atoms with Crippen molar-refractivity contribution in [3.05, 3.63) is 78.5 Å². The number of rotatable bonds is 2. The Kier molecular flexibility index (Phi) is 3.88. The van der Waals surface area contributed by atoms with E-state index in [0.29, 0.717) is 12.1 Å². The highest BCUT2D eigenvalue weighted by Crippen LogP contribution is 2.37. The molecule has 4 aromatic rings. The standard InChI is InChI=1S/C26H24FN5/c27-20-3-1-17(2-4-20)18-14-25-26-29-10-12-32(26)23-6-5-21(13-19(23)16-30(25)15-18)31-11-8-22-24(31)7-9-28-22/h1-6,10,12-15,22,24,28H,7-9,11,16H2.